The summed E-state index contributed by atoms with van der Waals surface area (Å²) in [7, 11) is -3.84. The minimum atomic E-state index is -3.84. The fourth-order valence-corrected chi connectivity index (χ4v) is 5.19. The Labute approximate surface area is 149 Å². The van der Waals surface area contributed by atoms with Crippen LogP contribution in [-0.2, 0) is 10.0 Å². The first-order valence-electron chi connectivity index (χ1n) is 8.30. The predicted molar refractivity (Wildman–Crippen MR) is 97.2 cm³/mol. The second kappa shape index (κ2) is 6.34. The Morgan fingerprint density at radius 2 is 1.68 bits per heavy atom. The molecule has 0 saturated carbocycles. The Bertz CT molecular complexity index is 784. The molecule has 0 amide bonds. The van der Waals surface area contributed by atoms with Gasteiger partial charge in [-0.1, -0.05) is 0 Å². The van der Waals surface area contributed by atoms with Gasteiger partial charge < -0.3 is 5.32 Å². The van der Waals surface area contributed by atoms with Crippen LogP contribution in [0.25, 0.3) is 0 Å². The summed E-state index contributed by atoms with van der Waals surface area (Å²) in [5.74, 6) is 0. The van der Waals surface area contributed by atoms with E-state index >= 15 is 0 Å². The van der Waals surface area contributed by atoms with Crippen LogP contribution in [0.3, 0.4) is 0 Å². The maximum Gasteiger partial charge on any atom is 0.273 e. The molecule has 8 heteroatoms. The quantitative estimate of drug-likeness (QED) is 0.628. The van der Waals surface area contributed by atoms with Gasteiger partial charge in [0.15, 0.2) is 0 Å². The highest BCUT2D eigenvalue weighted by Crippen LogP contribution is 2.30. The molecular formula is C17H27N3O4S. The van der Waals surface area contributed by atoms with Crippen molar-refractivity contribution in [2.45, 2.75) is 76.4 Å². The lowest BCUT2D eigenvalue weighted by Gasteiger charge is -2.46. The number of nitrogens with zero attached hydrogens (tertiary/aromatic N) is 1. The van der Waals surface area contributed by atoms with Crippen molar-refractivity contribution in [1.82, 2.24) is 10.0 Å². The van der Waals surface area contributed by atoms with E-state index in [1.165, 1.54) is 6.07 Å². The maximum absolute atomic E-state index is 12.8. The number of nitro groups is 1. The normalized spacial score (nSPS) is 20.4. The van der Waals surface area contributed by atoms with E-state index in [1.807, 2.05) is 27.7 Å². The van der Waals surface area contributed by atoms with Gasteiger partial charge in [0.2, 0.25) is 10.0 Å². The van der Waals surface area contributed by atoms with Gasteiger partial charge in [-0.05, 0) is 66.0 Å². The van der Waals surface area contributed by atoms with Gasteiger partial charge in [-0.15, -0.1) is 0 Å². The summed E-state index contributed by atoms with van der Waals surface area (Å²) in [5, 5.41) is 14.7. The van der Waals surface area contributed by atoms with E-state index < -0.39 is 14.9 Å². The molecule has 1 heterocycles. The second-order valence-corrected chi connectivity index (χ2v) is 9.97. The van der Waals surface area contributed by atoms with Gasteiger partial charge in [0, 0.05) is 28.7 Å². The molecular weight excluding hydrogens is 342 g/mol. The van der Waals surface area contributed by atoms with Gasteiger partial charge in [-0.2, -0.15) is 0 Å². The molecule has 1 fully saturated rings. The lowest BCUT2D eigenvalue weighted by atomic mass is 9.80. The molecule has 0 bridgehead atoms. The van der Waals surface area contributed by atoms with E-state index in [9.17, 15) is 18.5 Å². The van der Waals surface area contributed by atoms with Gasteiger partial charge in [-0.25, -0.2) is 13.1 Å². The van der Waals surface area contributed by atoms with Gasteiger partial charge in [0.05, 0.1) is 9.82 Å². The van der Waals surface area contributed by atoms with Gasteiger partial charge in [0.25, 0.3) is 5.69 Å². The zero-order valence-corrected chi connectivity index (χ0v) is 16.5. The summed E-state index contributed by atoms with van der Waals surface area (Å²) in [5.41, 5.74) is 0.480. The van der Waals surface area contributed by atoms with Gasteiger partial charge in [0.1, 0.15) is 0 Å². The van der Waals surface area contributed by atoms with Crippen LogP contribution in [0.4, 0.5) is 5.69 Å². The third kappa shape index (κ3) is 4.56. The molecule has 2 N–H and O–H groups in total. The van der Waals surface area contributed by atoms with Crippen molar-refractivity contribution in [3.05, 3.63) is 33.4 Å². The molecule has 0 radical (unpaired) electrons. The summed E-state index contributed by atoms with van der Waals surface area (Å²) in [6.45, 7) is 11.4. The van der Waals surface area contributed by atoms with Crippen molar-refractivity contribution in [2.24, 2.45) is 0 Å². The fourth-order valence-electron chi connectivity index (χ4n) is 3.85. The molecule has 0 unspecified atom stereocenters. The number of hydrogen-bond donors (Lipinski definition) is 2. The Morgan fingerprint density at radius 1 is 1.16 bits per heavy atom. The third-order valence-corrected chi connectivity index (χ3v) is 6.13. The van der Waals surface area contributed by atoms with Crippen LogP contribution < -0.4 is 10.0 Å². The van der Waals surface area contributed by atoms with E-state index in [0.717, 1.165) is 6.07 Å². The van der Waals surface area contributed by atoms with Crippen LogP contribution in [0.1, 0.15) is 51.7 Å². The summed E-state index contributed by atoms with van der Waals surface area (Å²) >= 11 is 0. The van der Waals surface area contributed by atoms with Crippen molar-refractivity contribution in [1.29, 1.82) is 0 Å². The lowest BCUT2D eigenvalue weighted by molar-refractivity contribution is -0.385. The number of hydrogen-bond acceptors (Lipinski definition) is 5. The van der Waals surface area contributed by atoms with Crippen LogP contribution in [0.5, 0.6) is 0 Å². The van der Waals surface area contributed by atoms with Crippen LogP contribution in [0.2, 0.25) is 0 Å². The maximum atomic E-state index is 12.8. The molecule has 7 nitrogen and oxygen atoms in total. The molecule has 0 aliphatic carbocycles. The molecule has 140 valence electrons. The van der Waals surface area contributed by atoms with E-state index in [1.54, 1.807) is 13.8 Å². The number of nitrogens with one attached hydrogen (secondary N) is 2. The Morgan fingerprint density at radius 3 is 2.16 bits per heavy atom. The molecule has 1 saturated heterocycles. The van der Waals surface area contributed by atoms with E-state index in [4.69, 9.17) is 0 Å². The SMILES string of the molecule is Cc1cc(S(=O)(=O)NC2CC(C)(C)NC(C)(C)C2)cc([N+](=O)[O-])c1C. The Hall–Kier alpha value is -1.51. The summed E-state index contributed by atoms with van der Waals surface area (Å²) in [6, 6.07) is 2.39. The summed E-state index contributed by atoms with van der Waals surface area (Å²) < 4.78 is 28.4. The topological polar surface area (TPSA) is 101 Å². The monoisotopic (exact) mass is 369 g/mol. The molecule has 0 spiro atoms. The van der Waals surface area contributed by atoms with Crippen molar-refractivity contribution in [3.8, 4) is 0 Å². The number of sulfonamides is 1. The summed E-state index contributed by atoms with van der Waals surface area (Å²) in [6.07, 6.45) is 1.28. The molecule has 1 aromatic carbocycles. The van der Waals surface area contributed by atoms with Crippen molar-refractivity contribution >= 4 is 15.7 Å². The van der Waals surface area contributed by atoms with E-state index in [2.05, 4.69) is 10.0 Å². The van der Waals surface area contributed by atoms with Crippen molar-refractivity contribution < 1.29 is 13.3 Å². The Kier molecular flexibility index (Phi) is 5.02. The smallest absolute Gasteiger partial charge is 0.273 e. The zero-order chi connectivity index (χ0) is 19.2. The molecule has 1 aromatic rings. The molecule has 2 rings (SSSR count). The first kappa shape index (κ1) is 19.8. The highest BCUT2D eigenvalue weighted by atomic mass is 32.2. The molecule has 1 aliphatic heterocycles. The number of piperidine rings is 1. The van der Waals surface area contributed by atoms with Gasteiger partial charge in [-0.3, -0.25) is 10.1 Å². The highest BCUT2D eigenvalue weighted by Gasteiger charge is 2.39. The first-order valence-corrected chi connectivity index (χ1v) is 9.78. The van der Waals surface area contributed by atoms with Crippen molar-refractivity contribution in [2.75, 3.05) is 0 Å². The lowest BCUT2D eigenvalue weighted by Crippen LogP contribution is -2.62. The van der Waals surface area contributed by atoms with Crippen molar-refractivity contribution in [3.63, 3.8) is 0 Å². The fraction of sp³-hybridized carbons (Fsp3) is 0.647. The highest BCUT2D eigenvalue weighted by molar-refractivity contribution is 7.89. The standard InChI is InChI=1S/C17H27N3O4S/c1-11-7-14(8-15(12(11)2)20(21)22)25(23,24)18-13-9-16(3,4)19-17(5,6)10-13/h7-8,13,18-19H,9-10H2,1-6H3. The Balaban J connectivity index is 2.35. The number of benzene rings is 1. The van der Waals surface area contributed by atoms with Gasteiger partial charge >= 0.3 is 0 Å². The van der Waals surface area contributed by atoms with Crippen LogP contribution >= 0.6 is 0 Å². The molecule has 0 aromatic heterocycles. The van der Waals surface area contributed by atoms with Crippen LogP contribution in [0.15, 0.2) is 17.0 Å². The predicted octanol–water partition coefficient (Wildman–Crippen LogP) is 2.80. The summed E-state index contributed by atoms with van der Waals surface area (Å²) in [4.78, 5) is 10.6. The molecule has 0 atom stereocenters. The number of nitro benzene ring substituents is 1. The van der Waals surface area contributed by atoms with E-state index in [-0.39, 0.29) is 27.7 Å². The first-order chi connectivity index (χ1) is 11.2. The third-order valence-electron chi connectivity index (χ3n) is 4.63. The molecule has 25 heavy (non-hydrogen) atoms. The number of rotatable bonds is 4. The minimum Gasteiger partial charge on any atom is -0.307 e. The largest absolute Gasteiger partial charge is 0.307 e. The minimum absolute atomic E-state index is 0.0588. The van der Waals surface area contributed by atoms with Crippen LogP contribution in [-0.4, -0.2) is 30.5 Å². The second-order valence-electron chi connectivity index (χ2n) is 8.26. The zero-order valence-electron chi connectivity index (χ0n) is 15.6. The molecule has 1 aliphatic rings. The van der Waals surface area contributed by atoms with Crippen LogP contribution in [0, 0.1) is 24.0 Å². The average molecular weight is 369 g/mol. The van der Waals surface area contributed by atoms with E-state index in [0.29, 0.717) is 24.0 Å². The average Bonchev–Trinajstić information content (AvgIpc) is 2.36. The number of aryl methyl sites for hydroxylation is 1.